The summed E-state index contributed by atoms with van der Waals surface area (Å²) in [7, 11) is 0. The molecule has 3 aromatic rings. The van der Waals surface area contributed by atoms with Gasteiger partial charge < -0.3 is 20.1 Å². The molecule has 1 aliphatic heterocycles. The van der Waals surface area contributed by atoms with Gasteiger partial charge in [-0.3, -0.25) is 4.57 Å². The van der Waals surface area contributed by atoms with Crippen molar-refractivity contribution in [1.29, 1.82) is 0 Å². The second-order valence-electron chi connectivity index (χ2n) is 6.55. The van der Waals surface area contributed by atoms with Crippen molar-refractivity contribution < 1.29 is 9.47 Å². The SMILES string of the molecule is CCNC(=NCc1ccc(-n2ccnc2)nc1)NCCc1ccc2c(c1)OCO2.I. The van der Waals surface area contributed by atoms with E-state index in [1.54, 1.807) is 12.5 Å². The van der Waals surface area contributed by atoms with E-state index in [-0.39, 0.29) is 24.0 Å². The van der Waals surface area contributed by atoms with Crippen LogP contribution >= 0.6 is 24.0 Å². The molecule has 0 radical (unpaired) electrons. The lowest BCUT2D eigenvalue weighted by molar-refractivity contribution is 0.174. The van der Waals surface area contributed by atoms with Gasteiger partial charge in [0.15, 0.2) is 17.5 Å². The first-order chi connectivity index (χ1) is 14.3. The molecule has 0 unspecified atom stereocenters. The number of ether oxygens (including phenoxy) is 2. The molecule has 8 nitrogen and oxygen atoms in total. The molecule has 1 aliphatic rings. The van der Waals surface area contributed by atoms with Crippen molar-refractivity contribution in [1.82, 2.24) is 25.2 Å². The Hall–Kier alpha value is -2.82. The molecule has 0 saturated carbocycles. The van der Waals surface area contributed by atoms with E-state index >= 15 is 0 Å². The van der Waals surface area contributed by atoms with Crippen LogP contribution in [0.5, 0.6) is 11.5 Å². The van der Waals surface area contributed by atoms with Gasteiger partial charge in [-0.25, -0.2) is 15.0 Å². The van der Waals surface area contributed by atoms with Gasteiger partial charge in [0.05, 0.1) is 6.54 Å². The third kappa shape index (κ3) is 5.62. The quantitative estimate of drug-likeness (QED) is 0.283. The summed E-state index contributed by atoms with van der Waals surface area (Å²) in [5.41, 5.74) is 2.23. The topological polar surface area (TPSA) is 85.6 Å². The summed E-state index contributed by atoms with van der Waals surface area (Å²) in [6.07, 6.45) is 8.04. The normalized spacial score (nSPS) is 12.4. The smallest absolute Gasteiger partial charge is 0.231 e. The third-order valence-corrected chi connectivity index (χ3v) is 4.49. The van der Waals surface area contributed by atoms with Gasteiger partial charge in [0, 0.05) is 31.7 Å². The minimum Gasteiger partial charge on any atom is -0.454 e. The van der Waals surface area contributed by atoms with Crippen molar-refractivity contribution in [2.45, 2.75) is 19.9 Å². The summed E-state index contributed by atoms with van der Waals surface area (Å²) in [6.45, 7) is 4.47. The van der Waals surface area contributed by atoms with Gasteiger partial charge in [-0.05, 0) is 42.7 Å². The van der Waals surface area contributed by atoms with Gasteiger partial charge in [-0.2, -0.15) is 0 Å². The van der Waals surface area contributed by atoms with E-state index in [4.69, 9.17) is 9.47 Å². The number of guanidine groups is 1. The summed E-state index contributed by atoms with van der Waals surface area (Å²) >= 11 is 0. The fourth-order valence-corrected chi connectivity index (χ4v) is 2.99. The molecule has 0 atom stereocenters. The summed E-state index contributed by atoms with van der Waals surface area (Å²) in [5.74, 6) is 3.25. The van der Waals surface area contributed by atoms with Gasteiger partial charge in [0.2, 0.25) is 6.79 Å². The van der Waals surface area contributed by atoms with Crippen LogP contribution in [0.2, 0.25) is 0 Å². The van der Waals surface area contributed by atoms with Crippen molar-refractivity contribution in [3.63, 3.8) is 0 Å². The molecule has 1 aromatic carbocycles. The first kappa shape index (κ1) is 21.9. The van der Waals surface area contributed by atoms with E-state index in [1.165, 1.54) is 5.56 Å². The van der Waals surface area contributed by atoms with Crippen LogP contribution in [-0.4, -0.2) is 40.4 Å². The number of halogens is 1. The summed E-state index contributed by atoms with van der Waals surface area (Å²) in [5, 5.41) is 6.65. The van der Waals surface area contributed by atoms with E-state index in [9.17, 15) is 0 Å². The molecule has 0 aliphatic carbocycles. The maximum Gasteiger partial charge on any atom is 0.231 e. The Kier molecular flexibility index (Phi) is 7.89. The second-order valence-corrected chi connectivity index (χ2v) is 6.55. The molecule has 0 spiro atoms. The van der Waals surface area contributed by atoms with Crippen molar-refractivity contribution >= 4 is 29.9 Å². The fourth-order valence-electron chi connectivity index (χ4n) is 2.99. The average molecular weight is 520 g/mol. The van der Waals surface area contributed by atoms with Crippen molar-refractivity contribution in [2.24, 2.45) is 4.99 Å². The first-order valence-corrected chi connectivity index (χ1v) is 9.66. The minimum atomic E-state index is 0. The number of nitrogens with one attached hydrogen (secondary N) is 2. The summed E-state index contributed by atoms with van der Waals surface area (Å²) in [6, 6.07) is 10.0. The number of aliphatic imine (C=N–C) groups is 1. The van der Waals surface area contributed by atoms with Crippen LogP contribution in [0.1, 0.15) is 18.1 Å². The first-order valence-electron chi connectivity index (χ1n) is 9.66. The van der Waals surface area contributed by atoms with Crippen LogP contribution in [-0.2, 0) is 13.0 Å². The Morgan fingerprint density at radius 2 is 2.00 bits per heavy atom. The number of hydrogen-bond donors (Lipinski definition) is 2. The van der Waals surface area contributed by atoms with Gasteiger partial charge in [0.25, 0.3) is 0 Å². The lowest BCUT2D eigenvalue weighted by atomic mass is 10.1. The molecular formula is C21H25IN6O2. The highest BCUT2D eigenvalue weighted by molar-refractivity contribution is 14.0. The Morgan fingerprint density at radius 1 is 1.13 bits per heavy atom. The number of benzene rings is 1. The predicted octanol–water partition coefficient (Wildman–Crippen LogP) is 2.91. The molecule has 2 N–H and O–H groups in total. The van der Waals surface area contributed by atoms with Crippen LogP contribution in [0.25, 0.3) is 5.82 Å². The highest BCUT2D eigenvalue weighted by Gasteiger charge is 2.12. The second kappa shape index (κ2) is 10.8. The molecule has 9 heteroatoms. The Labute approximate surface area is 192 Å². The average Bonchev–Trinajstić information content (AvgIpc) is 3.44. The molecule has 3 heterocycles. The predicted molar refractivity (Wildman–Crippen MR) is 126 cm³/mol. The molecule has 30 heavy (non-hydrogen) atoms. The molecule has 158 valence electrons. The number of aromatic nitrogens is 3. The molecule has 0 saturated heterocycles. The largest absolute Gasteiger partial charge is 0.454 e. The Balaban J connectivity index is 0.00000256. The third-order valence-electron chi connectivity index (χ3n) is 4.49. The zero-order valence-electron chi connectivity index (χ0n) is 16.7. The van der Waals surface area contributed by atoms with Gasteiger partial charge >= 0.3 is 0 Å². The number of fused-ring (bicyclic) bond motifs is 1. The van der Waals surface area contributed by atoms with Crippen LogP contribution in [0.4, 0.5) is 0 Å². The zero-order valence-corrected chi connectivity index (χ0v) is 19.1. The maximum absolute atomic E-state index is 5.44. The van der Waals surface area contributed by atoms with E-state index in [0.29, 0.717) is 13.3 Å². The maximum atomic E-state index is 5.44. The minimum absolute atomic E-state index is 0. The monoisotopic (exact) mass is 520 g/mol. The van der Waals surface area contributed by atoms with Crippen LogP contribution in [0.3, 0.4) is 0 Å². The van der Waals surface area contributed by atoms with Crippen molar-refractivity contribution in [3.8, 4) is 17.3 Å². The van der Waals surface area contributed by atoms with Gasteiger partial charge in [0.1, 0.15) is 12.1 Å². The van der Waals surface area contributed by atoms with Crippen LogP contribution in [0, 0.1) is 0 Å². The fraction of sp³-hybridized carbons (Fsp3) is 0.286. The lowest BCUT2D eigenvalue weighted by Gasteiger charge is -2.11. The lowest BCUT2D eigenvalue weighted by Crippen LogP contribution is -2.38. The van der Waals surface area contributed by atoms with E-state index < -0.39 is 0 Å². The standard InChI is InChI=1S/C21H24N6O2.HI/c1-2-23-21(24-8-7-16-3-5-18-19(11-16)29-15-28-18)26-13-17-4-6-20(25-12-17)27-10-9-22-14-27;/h3-6,9-12,14H,2,7-8,13,15H2,1H3,(H2,23,24,26);1H. The zero-order chi connectivity index (χ0) is 19.9. The molecular weight excluding hydrogens is 495 g/mol. The summed E-state index contributed by atoms with van der Waals surface area (Å²) in [4.78, 5) is 13.2. The van der Waals surface area contributed by atoms with Crippen LogP contribution < -0.4 is 20.1 Å². The number of rotatable bonds is 7. The van der Waals surface area contributed by atoms with E-state index in [0.717, 1.165) is 48.4 Å². The number of nitrogens with zero attached hydrogens (tertiary/aromatic N) is 4. The van der Waals surface area contributed by atoms with Crippen molar-refractivity contribution in [3.05, 3.63) is 66.4 Å². The number of hydrogen-bond acceptors (Lipinski definition) is 5. The van der Waals surface area contributed by atoms with Crippen molar-refractivity contribution in [2.75, 3.05) is 19.9 Å². The van der Waals surface area contributed by atoms with Crippen LogP contribution in [0.15, 0.2) is 60.2 Å². The molecule has 0 bridgehead atoms. The Bertz CT molecular complexity index is 960. The Morgan fingerprint density at radius 3 is 2.77 bits per heavy atom. The highest BCUT2D eigenvalue weighted by atomic mass is 127. The molecule has 4 rings (SSSR count). The highest BCUT2D eigenvalue weighted by Crippen LogP contribution is 2.32. The van der Waals surface area contributed by atoms with E-state index in [2.05, 4.69) is 38.6 Å². The molecule has 0 fully saturated rings. The number of imidazole rings is 1. The van der Waals surface area contributed by atoms with E-state index in [1.807, 2.05) is 41.2 Å². The number of pyridine rings is 1. The van der Waals surface area contributed by atoms with Gasteiger partial charge in [-0.15, -0.1) is 24.0 Å². The molecule has 0 amide bonds. The summed E-state index contributed by atoms with van der Waals surface area (Å²) < 4.78 is 12.7. The van der Waals surface area contributed by atoms with Gasteiger partial charge in [-0.1, -0.05) is 12.1 Å². The molecule has 2 aromatic heterocycles.